The number of hydrogen-bond acceptors (Lipinski definition) is 6. The highest BCUT2D eigenvalue weighted by Gasteiger charge is 2.24. The molecule has 1 saturated heterocycles. The third-order valence-corrected chi connectivity index (χ3v) is 6.69. The van der Waals surface area contributed by atoms with Crippen LogP contribution in [0.4, 0.5) is 5.69 Å². The summed E-state index contributed by atoms with van der Waals surface area (Å²) >= 11 is 0. The van der Waals surface area contributed by atoms with Crippen LogP contribution in [0, 0.1) is 0 Å². The molecule has 0 aromatic heterocycles. The van der Waals surface area contributed by atoms with Crippen molar-refractivity contribution >= 4 is 21.6 Å². The Hall–Kier alpha value is -2.78. The molecule has 1 amide bonds. The van der Waals surface area contributed by atoms with Gasteiger partial charge in [-0.25, -0.2) is 8.42 Å². The summed E-state index contributed by atoms with van der Waals surface area (Å²) in [4.78, 5) is 12.5. The number of carbonyl (C=O) groups is 1. The topological polar surface area (TPSA) is 103 Å². The molecule has 1 fully saturated rings. The van der Waals surface area contributed by atoms with Gasteiger partial charge >= 0.3 is 0 Å². The maximum Gasteiger partial charge on any atom is 0.262 e. The van der Waals surface area contributed by atoms with Crippen LogP contribution < -0.4 is 19.5 Å². The molecule has 2 aliphatic heterocycles. The molecule has 0 bridgehead atoms. The van der Waals surface area contributed by atoms with Gasteiger partial charge in [0.1, 0.15) is 0 Å². The molecule has 2 heterocycles. The molecule has 9 heteroatoms. The number of rotatable bonds is 6. The Kier molecular flexibility index (Phi) is 6.33. The van der Waals surface area contributed by atoms with Crippen LogP contribution in [-0.2, 0) is 14.8 Å². The van der Waals surface area contributed by atoms with Crippen LogP contribution in [-0.4, -0.2) is 46.3 Å². The van der Waals surface area contributed by atoms with Crippen molar-refractivity contribution in [2.45, 2.75) is 43.2 Å². The highest BCUT2D eigenvalue weighted by atomic mass is 32.2. The Bertz CT molecular complexity index is 1030. The molecular formula is C22H26N2O6S. The third kappa shape index (κ3) is 5.11. The number of amides is 1. The van der Waals surface area contributed by atoms with Crippen LogP contribution in [0.1, 0.15) is 36.5 Å². The number of hydrogen-bond donors (Lipinski definition) is 2. The fourth-order valence-electron chi connectivity index (χ4n) is 3.59. The molecule has 2 atom stereocenters. The number of ether oxygens (including phenoxy) is 3. The van der Waals surface area contributed by atoms with E-state index in [0.717, 1.165) is 25.9 Å². The Morgan fingerprint density at radius 3 is 2.45 bits per heavy atom. The van der Waals surface area contributed by atoms with Gasteiger partial charge in [0.15, 0.2) is 11.5 Å². The van der Waals surface area contributed by atoms with Gasteiger partial charge in [-0.1, -0.05) is 0 Å². The van der Waals surface area contributed by atoms with E-state index >= 15 is 0 Å². The molecule has 2 aliphatic rings. The zero-order valence-electron chi connectivity index (χ0n) is 17.3. The number of sulfonamides is 1. The van der Waals surface area contributed by atoms with Gasteiger partial charge in [0.25, 0.3) is 15.9 Å². The predicted molar refractivity (Wildman–Crippen MR) is 115 cm³/mol. The highest BCUT2D eigenvalue weighted by molar-refractivity contribution is 7.92. The Balaban J connectivity index is 1.42. The molecule has 0 saturated carbocycles. The highest BCUT2D eigenvalue weighted by Crippen LogP contribution is 2.32. The van der Waals surface area contributed by atoms with Crippen LogP contribution in [0.2, 0.25) is 0 Å². The van der Waals surface area contributed by atoms with Gasteiger partial charge in [-0.15, -0.1) is 0 Å². The van der Waals surface area contributed by atoms with Crippen LogP contribution in [0.25, 0.3) is 0 Å². The van der Waals surface area contributed by atoms with Gasteiger partial charge in [-0.3, -0.25) is 9.52 Å². The van der Waals surface area contributed by atoms with E-state index in [4.69, 9.17) is 14.2 Å². The molecule has 0 aliphatic carbocycles. The lowest BCUT2D eigenvalue weighted by Crippen LogP contribution is -2.40. The second-order valence-corrected chi connectivity index (χ2v) is 9.34. The quantitative estimate of drug-likeness (QED) is 0.707. The summed E-state index contributed by atoms with van der Waals surface area (Å²) in [5.41, 5.74) is 0.805. The van der Waals surface area contributed by atoms with Crippen molar-refractivity contribution in [1.29, 1.82) is 0 Å². The normalized spacial score (nSPS) is 19.3. The zero-order valence-corrected chi connectivity index (χ0v) is 18.1. The summed E-state index contributed by atoms with van der Waals surface area (Å²) in [6, 6.07) is 10.7. The number of benzene rings is 2. The minimum absolute atomic E-state index is 0.0327. The van der Waals surface area contributed by atoms with Crippen LogP contribution in [0.15, 0.2) is 47.4 Å². The number of nitrogens with one attached hydrogen (secondary N) is 2. The lowest BCUT2D eigenvalue weighted by atomic mass is 10.1. The average molecular weight is 447 g/mol. The molecule has 4 rings (SSSR count). The van der Waals surface area contributed by atoms with Gasteiger partial charge in [0.05, 0.1) is 30.3 Å². The lowest BCUT2D eigenvalue weighted by molar-refractivity contribution is 0.0712. The largest absolute Gasteiger partial charge is 0.490 e. The minimum Gasteiger partial charge on any atom is -0.490 e. The summed E-state index contributed by atoms with van der Waals surface area (Å²) in [6.45, 7) is 3.65. The van der Waals surface area contributed by atoms with Gasteiger partial charge in [-0.05, 0) is 56.2 Å². The van der Waals surface area contributed by atoms with Gasteiger partial charge in [0, 0.05) is 30.3 Å². The second-order valence-electron chi connectivity index (χ2n) is 7.66. The van der Waals surface area contributed by atoms with Crippen molar-refractivity contribution in [1.82, 2.24) is 5.32 Å². The number of fused-ring (bicyclic) bond motifs is 1. The number of carbonyl (C=O) groups excluding carboxylic acids is 1. The fourth-order valence-corrected chi connectivity index (χ4v) is 4.67. The van der Waals surface area contributed by atoms with Gasteiger partial charge in [-0.2, -0.15) is 0 Å². The fraction of sp³-hybridized carbons (Fsp3) is 0.409. The maximum atomic E-state index is 12.8. The molecular weight excluding hydrogens is 420 g/mol. The summed E-state index contributed by atoms with van der Waals surface area (Å²) in [6.07, 6.45) is 2.71. The first-order valence-electron chi connectivity index (χ1n) is 10.4. The van der Waals surface area contributed by atoms with Crippen LogP contribution in [0.5, 0.6) is 11.5 Å². The summed E-state index contributed by atoms with van der Waals surface area (Å²) < 4.78 is 44.8. The Labute approximate surface area is 181 Å². The molecule has 8 nitrogen and oxygen atoms in total. The van der Waals surface area contributed by atoms with Crippen LogP contribution in [0.3, 0.4) is 0 Å². The van der Waals surface area contributed by atoms with E-state index in [1.807, 2.05) is 6.92 Å². The first kappa shape index (κ1) is 21.5. The number of anilines is 1. The minimum atomic E-state index is -3.82. The smallest absolute Gasteiger partial charge is 0.262 e. The average Bonchev–Trinajstić information content (AvgIpc) is 3.19. The van der Waals surface area contributed by atoms with Gasteiger partial charge < -0.3 is 19.5 Å². The monoisotopic (exact) mass is 446 g/mol. The van der Waals surface area contributed by atoms with Crippen molar-refractivity contribution in [2.24, 2.45) is 0 Å². The molecule has 0 spiro atoms. The van der Waals surface area contributed by atoms with Crippen LogP contribution >= 0.6 is 0 Å². The Morgan fingerprint density at radius 2 is 1.74 bits per heavy atom. The molecule has 0 radical (unpaired) electrons. The van der Waals surface area contributed by atoms with E-state index in [2.05, 4.69) is 10.0 Å². The molecule has 2 aromatic carbocycles. The SMILES string of the molecule is CC(NC(=O)c1ccc(NS(=O)(=O)c2ccc3c(c2)OCCCO3)cc1)C1CCCO1. The van der Waals surface area contributed by atoms with Crippen molar-refractivity contribution < 1.29 is 27.4 Å². The zero-order chi connectivity index (χ0) is 21.8. The summed E-state index contributed by atoms with van der Waals surface area (Å²) in [7, 11) is -3.82. The van der Waals surface area contributed by atoms with E-state index in [9.17, 15) is 13.2 Å². The van der Waals surface area contributed by atoms with E-state index in [0.29, 0.717) is 36.0 Å². The molecule has 2 aromatic rings. The molecule has 2 N–H and O–H groups in total. The third-order valence-electron chi connectivity index (χ3n) is 5.31. The summed E-state index contributed by atoms with van der Waals surface area (Å²) in [5, 5.41) is 2.94. The maximum absolute atomic E-state index is 12.8. The molecule has 2 unspecified atom stereocenters. The predicted octanol–water partition coefficient (Wildman–Crippen LogP) is 2.95. The molecule has 31 heavy (non-hydrogen) atoms. The van der Waals surface area contributed by atoms with E-state index < -0.39 is 10.0 Å². The van der Waals surface area contributed by atoms with Gasteiger partial charge in [0.2, 0.25) is 0 Å². The van der Waals surface area contributed by atoms with E-state index in [1.54, 1.807) is 30.3 Å². The lowest BCUT2D eigenvalue weighted by Gasteiger charge is -2.20. The van der Waals surface area contributed by atoms with E-state index in [1.165, 1.54) is 12.1 Å². The second kappa shape index (κ2) is 9.15. The first-order valence-corrected chi connectivity index (χ1v) is 11.9. The van der Waals surface area contributed by atoms with Crippen molar-refractivity contribution in [3.8, 4) is 11.5 Å². The first-order chi connectivity index (χ1) is 14.9. The molecule has 166 valence electrons. The van der Waals surface area contributed by atoms with Crippen molar-refractivity contribution in [2.75, 3.05) is 24.5 Å². The standard InChI is InChI=1S/C22H26N2O6S/c1-15(19-4-2-11-28-19)23-22(25)16-5-7-17(8-6-16)24-31(26,27)18-9-10-20-21(14-18)30-13-3-12-29-20/h5-10,14-15,19,24H,2-4,11-13H2,1H3,(H,23,25). The summed E-state index contributed by atoms with van der Waals surface area (Å²) in [5.74, 6) is 0.720. The van der Waals surface area contributed by atoms with Crippen molar-refractivity contribution in [3.63, 3.8) is 0 Å². The van der Waals surface area contributed by atoms with Crippen molar-refractivity contribution in [3.05, 3.63) is 48.0 Å². The van der Waals surface area contributed by atoms with E-state index in [-0.39, 0.29) is 22.9 Å². The Morgan fingerprint density at radius 1 is 1.00 bits per heavy atom.